The van der Waals surface area contributed by atoms with Crippen LogP contribution < -0.4 is 16.0 Å². The zero-order chi connectivity index (χ0) is 20.5. The molecule has 3 fully saturated rings. The van der Waals surface area contributed by atoms with Crippen LogP contribution in [-0.4, -0.2) is 54.0 Å². The molecule has 1 aliphatic carbocycles. The number of urea groups is 1. The topological polar surface area (TPSA) is 90.5 Å². The Morgan fingerprint density at radius 2 is 1.90 bits per heavy atom. The van der Waals surface area contributed by atoms with Crippen LogP contribution >= 0.6 is 12.4 Å². The van der Waals surface area contributed by atoms with Gasteiger partial charge in [-0.15, -0.1) is 12.4 Å². The van der Waals surface area contributed by atoms with E-state index in [1.807, 2.05) is 0 Å². The predicted molar refractivity (Wildman–Crippen MR) is 115 cm³/mol. The molecule has 29 heavy (non-hydrogen) atoms. The quantitative estimate of drug-likeness (QED) is 0.586. The van der Waals surface area contributed by atoms with Crippen molar-refractivity contribution in [1.29, 1.82) is 0 Å². The molecule has 2 aliphatic heterocycles. The molecule has 0 bridgehead atoms. The number of carbonyl (C=O) groups excluding carboxylic acids is 3. The Hall–Kier alpha value is -1.34. The highest BCUT2D eigenvalue weighted by molar-refractivity contribution is 6.09. The van der Waals surface area contributed by atoms with Gasteiger partial charge >= 0.3 is 6.03 Å². The number of rotatable bonds is 5. The molecule has 4 amide bonds. The third-order valence-electron chi connectivity index (χ3n) is 7.58. The molecule has 2 saturated heterocycles. The van der Waals surface area contributed by atoms with E-state index in [-0.39, 0.29) is 42.2 Å². The van der Waals surface area contributed by atoms with E-state index in [4.69, 9.17) is 0 Å². The lowest BCUT2D eigenvalue weighted by Crippen LogP contribution is -2.53. The Bertz CT molecular complexity index is 631. The van der Waals surface area contributed by atoms with E-state index in [0.29, 0.717) is 24.7 Å². The molecule has 1 saturated carbocycles. The number of amides is 4. The van der Waals surface area contributed by atoms with Crippen LogP contribution in [0.25, 0.3) is 0 Å². The fraction of sp³-hybridized carbons (Fsp3) is 0.857. The fourth-order valence-electron chi connectivity index (χ4n) is 4.92. The Balaban J connectivity index is 0.00000300. The van der Waals surface area contributed by atoms with E-state index in [9.17, 15) is 14.4 Å². The van der Waals surface area contributed by atoms with Crippen molar-refractivity contribution in [3.05, 3.63) is 0 Å². The number of nitrogens with one attached hydrogen (secondary N) is 3. The lowest BCUT2D eigenvalue weighted by Gasteiger charge is -2.42. The smallest absolute Gasteiger partial charge is 0.325 e. The normalized spacial score (nSPS) is 32.7. The maximum absolute atomic E-state index is 13.1. The largest absolute Gasteiger partial charge is 0.350 e. The monoisotopic (exact) mass is 428 g/mol. The second-order valence-corrected chi connectivity index (χ2v) is 9.66. The number of carbonyl (C=O) groups is 3. The summed E-state index contributed by atoms with van der Waals surface area (Å²) in [5, 5.41) is 9.18. The van der Waals surface area contributed by atoms with Crippen LogP contribution in [0.15, 0.2) is 0 Å². The van der Waals surface area contributed by atoms with Gasteiger partial charge in [-0.25, -0.2) is 4.79 Å². The van der Waals surface area contributed by atoms with Gasteiger partial charge in [0.15, 0.2) is 0 Å². The standard InChI is InChI=1S/C21H36N4O3.ClH/c1-5-20(3,4)15-6-9-21(10-7-15)18(27)25(19(28)24-21)13-17(26)23-16-12-22-11-8-14(16)2;/h14-16,22H,5-13H2,1-4H3,(H,23,26)(H,24,28);1H. The SMILES string of the molecule is CCC(C)(C)C1CCC2(CC1)NC(=O)N(CC(=O)NC1CNCCC1C)C2=O.Cl. The zero-order valence-corrected chi connectivity index (χ0v) is 19.0. The van der Waals surface area contributed by atoms with Crippen LogP contribution in [0.3, 0.4) is 0 Å². The Kier molecular flexibility index (Phi) is 7.60. The van der Waals surface area contributed by atoms with E-state index in [0.717, 1.165) is 43.7 Å². The van der Waals surface area contributed by atoms with Crippen molar-refractivity contribution in [2.24, 2.45) is 17.3 Å². The number of hydrogen-bond donors (Lipinski definition) is 3. The van der Waals surface area contributed by atoms with Gasteiger partial charge in [-0.2, -0.15) is 0 Å². The van der Waals surface area contributed by atoms with Gasteiger partial charge in [0.1, 0.15) is 12.1 Å². The molecule has 0 radical (unpaired) electrons. The summed E-state index contributed by atoms with van der Waals surface area (Å²) in [5.41, 5.74) is -0.561. The highest BCUT2D eigenvalue weighted by atomic mass is 35.5. The van der Waals surface area contributed by atoms with Crippen molar-refractivity contribution < 1.29 is 14.4 Å². The summed E-state index contributed by atoms with van der Waals surface area (Å²) in [6.07, 6.45) is 5.29. The zero-order valence-electron chi connectivity index (χ0n) is 18.2. The highest BCUT2D eigenvalue weighted by Gasteiger charge is 2.53. The van der Waals surface area contributed by atoms with Crippen LogP contribution in [0.2, 0.25) is 0 Å². The molecule has 2 heterocycles. The van der Waals surface area contributed by atoms with E-state index < -0.39 is 11.6 Å². The summed E-state index contributed by atoms with van der Waals surface area (Å²) < 4.78 is 0. The minimum atomic E-state index is -0.808. The van der Waals surface area contributed by atoms with Crippen molar-refractivity contribution in [2.45, 2.75) is 77.8 Å². The maximum Gasteiger partial charge on any atom is 0.325 e. The Morgan fingerprint density at radius 3 is 2.48 bits per heavy atom. The van der Waals surface area contributed by atoms with E-state index in [2.05, 4.69) is 43.6 Å². The predicted octanol–water partition coefficient (Wildman–Crippen LogP) is 2.44. The molecule has 3 rings (SSSR count). The van der Waals surface area contributed by atoms with Gasteiger partial charge < -0.3 is 16.0 Å². The molecule has 0 aromatic carbocycles. The number of hydrogen-bond acceptors (Lipinski definition) is 4. The summed E-state index contributed by atoms with van der Waals surface area (Å²) in [5.74, 6) is 0.458. The summed E-state index contributed by atoms with van der Waals surface area (Å²) in [4.78, 5) is 39.1. The first-order chi connectivity index (χ1) is 13.2. The third kappa shape index (κ3) is 4.88. The number of piperidine rings is 1. The van der Waals surface area contributed by atoms with E-state index in [1.54, 1.807) is 0 Å². The first-order valence-electron chi connectivity index (χ1n) is 10.8. The number of imide groups is 1. The van der Waals surface area contributed by atoms with Crippen LogP contribution in [0.5, 0.6) is 0 Å². The molecule has 7 nitrogen and oxygen atoms in total. The van der Waals surface area contributed by atoms with Gasteiger partial charge in [0.2, 0.25) is 5.91 Å². The third-order valence-corrected chi connectivity index (χ3v) is 7.58. The Morgan fingerprint density at radius 1 is 1.24 bits per heavy atom. The molecule has 3 aliphatic rings. The minimum absolute atomic E-state index is 0. The first kappa shape index (κ1) is 23.9. The fourth-order valence-corrected chi connectivity index (χ4v) is 4.92. The maximum atomic E-state index is 13.1. The highest BCUT2D eigenvalue weighted by Crippen LogP contribution is 2.45. The summed E-state index contributed by atoms with van der Waals surface area (Å²) in [6, 6.07) is -0.383. The average molecular weight is 429 g/mol. The lowest BCUT2D eigenvalue weighted by atomic mass is 9.65. The lowest BCUT2D eigenvalue weighted by molar-refractivity contribution is -0.136. The molecule has 2 unspecified atom stereocenters. The van der Waals surface area contributed by atoms with Gasteiger partial charge in [0.05, 0.1) is 0 Å². The van der Waals surface area contributed by atoms with Crippen molar-refractivity contribution >= 4 is 30.3 Å². The van der Waals surface area contributed by atoms with Gasteiger partial charge in [-0.3, -0.25) is 14.5 Å². The van der Waals surface area contributed by atoms with Gasteiger partial charge in [-0.05, 0) is 55.9 Å². The molecule has 2 atom stereocenters. The molecule has 8 heteroatoms. The van der Waals surface area contributed by atoms with Crippen LogP contribution in [0.1, 0.15) is 66.2 Å². The number of halogens is 1. The van der Waals surface area contributed by atoms with Gasteiger partial charge in [0.25, 0.3) is 5.91 Å². The van der Waals surface area contributed by atoms with Gasteiger partial charge in [0, 0.05) is 12.6 Å². The van der Waals surface area contributed by atoms with Crippen molar-refractivity contribution in [2.75, 3.05) is 19.6 Å². The molecular formula is C21H37ClN4O3. The molecule has 166 valence electrons. The summed E-state index contributed by atoms with van der Waals surface area (Å²) >= 11 is 0. The van der Waals surface area contributed by atoms with Crippen LogP contribution in [0.4, 0.5) is 4.79 Å². The summed E-state index contributed by atoms with van der Waals surface area (Å²) in [6.45, 7) is 10.4. The second kappa shape index (κ2) is 9.21. The first-order valence-corrected chi connectivity index (χ1v) is 10.8. The van der Waals surface area contributed by atoms with E-state index >= 15 is 0 Å². The van der Waals surface area contributed by atoms with E-state index in [1.165, 1.54) is 0 Å². The Labute approximate surface area is 180 Å². The van der Waals surface area contributed by atoms with Crippen LogP contribution in [0, 0.1) is 17.3 Å². The van der Waals surface area contributed by atoms with Crippen molar-refractivity contribution in [1.82, 2.24) is 20.9 Å². The van der Waals surface area contributed by atoms with Gasteiger partial charge in [-0.1, -0.05) is 34.1 Å². The van der Waals surface area contributed by atoms with Crippen molar-refractivity contribution in [3.8, 4) is 0 Å². The molecular weight excluding hydrogens is 392 g/mol. The molecule has 0 aromatic rings. The summed E-state index contributed by atoms with van der Waals surface area (Å²) in [7, 11) is 0. The molecule has 0 aromatic heterocycles. The second-order valence-electron chi connectivity index (χ2n) is 9.66. The number of nitrogens with zero attached hydrogens (tertiary/aromatic N) is 1. The van der Waals surface area contributed by atoms with Crippen LogP contribution in [-0.2, 0) is 9.59 Å². The molecule has 3 N–H and O–H groups in total. The molecule has 1 spiro atoms. The van der Waals surface area contributed by atoms with Crippen molar-refractivity contribution in [3.63, 3.8) is 0 Å². The minimum Gasteiger partial charge on any atom is -0.350 e. The average Bonchev–Trinajstić information content (AvgIpc) is 2.88.